The molecular formula is C23H23ClFN3O3. The lowest BCUT2D eigenvalue weighted by Gasteiger charge is -2.35. The number of ketones is 1. The number of amides is 2. The monoisotopic (exact) mass is 443 g/mol. The minimum absolute atomic E-state index is 0.0622. The third kappa shape index (κ3) is 4.94. The lowest BCUT2D eigenvalue weighted by atomic mass is 10.1. The molecule has 0 spiro atoms. The van der Waals surface area contributed by atoms with Gasteiger partial charge in [-0.1, -0.05) is 11.6 Å². The van der Waals surface area contributed by atoms with Crippen LogP contribution in [0.15, 0.2) is 48.5 Å². The third-order valence-electron chi connectivity index (χ3n) is 5.85. The zero-order valence-electron chi connectivity index (χ0n) is 17.0. The van der Waals surface area contributed by atoms with Crippen molar-refractivity contribution in [3.05, 3.63) is 70.5 Å². The zero-order valence-corrected chi connectivity index (χ0v) is 17.7. The van der Waals surface area contributed by atoms with Crippen molar-refractivity contribution in [2.24, 2.45) is 5.92 Å². The molecule has 2 aromatic carbocycles. The largest absolute Gasteiger partial charge is 0.336 e. The Kier molecular flexibility index (Phi) is 6.34. The molecular weight excluding hydrogens is 421 g/mol. The fraction of sp³-hybridized carbons (Fsp3) is 0.348. The van der Waals surface area contributed by atoms with Crippen LogP contribution >= 0.6 is 11.6 Å². The van der Waals surface area contributed by atoms with Crippen LogP contribution in [0, 0.1) is 11.7 Å². The number of rotatable bonds is 4. The first-order valence-corrected chi connectivity index (χ1v) is 10.6. The van der Waals surface area contributed by atoms with Crippen molar-refractivity contribution < 1.29 is 18.8 Å². The van der Waals surface area contributed by atoms with E-state index in [4.69, 9.17) is 11.6 Å². The standard InChI is InChI=1S/C23H23ClFN3O3/c24-19-5-1-16(2-6-19)23(31)28-14-18(21(29)15-28)13-26-9-11-27(12-10-26)22(30)17-3-7-20(25)8-4-17/h1-8,18H,9-15H2. The smallest absolute Gasteiger partial charge is 0.254 e. The second kappa shape index (κ2) is 9.16. The highest BCUT2D eigenvalue weighted by molar-refractivity contribution is 6.30. The Morgan fingerprint density at radius 2 is 1.42 bits per heavy atom. The number of carbonyl (C=O) groups excluding carboxylic acids is 3. The van der Waals surface area contributed by atoms with Gasteiger partial charge in [0, 0.05) is 61.3 Å². The number of hydrogen-bond donors (Lipinski definition) is 0. The summed E-state index contributed by atoms with van der Waals surface area (Å²) in [5.41, 5.74) is 0.989. The molecule has 8 heteroatoms. The van der Waals surface area contributed by atoms with E-state index in [9.17, 15) is 18.8 Å². The van der Waals surface area contributed by atoms with E-state index in [1.54, 1.807) is 34.1 Å². The molecule has 0 N–H and O–H groups in total. The second-order valence-corrected chi connectivity index (χ2v) is 8.39. The quantitative estimate of drug-likeness (QED) is 0.728. The summed E-state index contributed by atoms with van der Waals surface area (Å²) in [6.07, 6.45) is 0. The van der Waals surface area contributed by atoms with Gasteiger partial charge in [0.15, 0.2) is 5.78 Å². The predicted octanol–water partition coefficient (Wildman–Crippen LogP) is 2.58. The van der Waals surface area contributed by atoms with E-state index < -0.39 is 0 Å². The van der Waals surface area contributed by atoms with Crippen LogP contribution in [0.5, 0.6) is 0 Å². The number of likely N-dealkylation sites (tertiary alicyclic amines) is 1. The molecule has 0 radical (unpaired) electrons. The van der Waals surface area contributed by atoms with Gasteiger partial charge in [-0.2, -0.15) is 0 Å². The minimum atomic E-state index is -0.369. The summed E-state index contributed by atoms with van der Waals surface area (Å²) >= 11 is 5.88. The van der Waals surface area contributed by atoms with Crippen LogP contribution in [-0.2, 0) is 4.79 Å². The van der Waals surface area contributed by atoms with Gasteiger partial charge in [0.05, 0.1) is 6.54 Å². The Labute approximate surface area is 185 Å². The molecule has 0 saturated carbocycles. The second-order valence-electron chi connectivity index (χ2n) is 7.96. The molecule has 2 fully saturated rings. The molecule has 4 rings (SSSR count). The number of benzene rings is 2. The van der Waals surface area contributed by atoms with Crippen molar-refractivity contribution in [1.82, 2.24) is 14.7 Å². The molecule has 2 aliphatic heterocycles. The van der Waals surface area contributed by atoms with E-state index in [-0.39, 0.29) is 35.9 Å². The molecule has 6 nitrogen and oxygen atoms in total. The number of halogens is 2. The highest BCUT2D eigenvalue weighted by atomic mass is 35.5. The summed E-state index contributed by atoms with van der Waals surface area (Å²) in [5.74, 6) is -0.813. The van der Waals surface area contributed by atoms with Crippen LogP contribution in [0.25, 0.3) is 0 Å². The maximum atomic E-state index is 13.1. The Hall–Kier alpha value is -2.77. The third-order valence-corrected chi connectivity index (χ3v) is 6.10. The zero-order chi connectivity index (χ0) is 22.0. The van der Waals surface area contributed by atoms with Crippen LogP contribution < -0.4 is 0 Å². The number of carbonyl (C=O) groups is 3. The Balaban J connectivity index is 1.29. The molecule has 0 bridgehead atoms. The SMILES string of the molecule is O=C1CN(C(=O)c2ccc(Cl)cc2)CC1CN1CCN(C(=O)c2ccc(F)cc2)CC1. The minimum Gasteiger partial charge on any atom is -0.336 e. The Morgan fingerprint density at radius 3 is 2.03 bits per heavy atom. The van der Waals surface area contributed by atoms with E-state index in [2.05, 4.69) is 4.90 Å². The van der Waals surface area contributed by atoms with Crippen molar-refractivity contribution in [1.29, 1.82) is 0 Å². The predicted molar refractivity (Wildman–Crippen MR) is 115 cm³/mol. The first-order chi connectivity index (χ1) is 14.9. The lowest BCUT2D eigenvalue weighted by molar-refractivity contribution is -0.120. The van der Waals surface area contributed by atoms with Crippen molar-refractivity contribution >= 4 is 29.2 Å². The maximum absolute atomic E-state index is 13.1. The van der Waals surface area contributed by atoms with Gasteiger partial charge in [0.2, 0.25) is 0 Å². The number of nitrogens with zero attached hydrogens (tertiary/aromatic N) is 3. The summed E-state index contributed by atoms with van der Waals surface area (Å²) < 4.78 is 13.1. The lowest BCUT2D eigenvalue weighted by Crippen LogP contribution is -2.50. The molecule has 2 aromatic rings. The summed E-state index contributed by atoms with van der Waals surface area (Å²) in [5, 5.41) is 0.559. The molecule has 1 unspecified atom stereocenters. The van der Waals surface area contributed by atoms with Crippen LogP contribution in [-0.4, -0.2) is 78.1 Å². The maximum Gasteiger partial charge on any atom is 0.254 e. The molecule has 162 valence electrons. The molecule has 0 aromatic heterocycles. The first-order valence-electron chi connectivity index (χ1n) is 10.3. The summed E-state index contributed by atoms with van der Waals surface area (Å²) in [6.45, 7) is 3.49. The first kappa shape index (κ1) is 21.5. The van der Waals surface area contributed by atoms with E-state index in [1.807, 2.05) is 0 Å². The van der Waals surface area contributed by atoms with E-state index in [1.165, 1.54) is 24.3 Å². The van der Waals surface area contributed by atoms with Crippen molar-refractivity contribution in [2.75, 3.05) is 45.8 Å². The molecule has 31 heavy (non-hydrogen) atoms. The van der Waals surface area contributed by atoms with Crippen LogP contribution in [0.4, 0.5) is 4.39 Å². The van der Waals surface area contributed by atoms with Crippen LogP contribution in [0.2, 0.25) is 5.02 Å². The Bertz CT molecular complexity index is 973. The summed E-state index contributed by atoms with van der Waals surface area (Å²) in [6, 6.07) is 12.2. The van der Waals surface area contributed by atoms with Crippen molar-refractivity contribution in [2.45, 2.75) is 0 Å². The fourth-order valence-electron chi connectivity index (χ4n) is 4.06. The highest BCUT2D eigenvalue weighted by Gasteiger charge is 2.35. The fourth-order valence-corrected chi connectivity index (χ4v) is 4.19. The number of hydrogen-bond acceptors (Lipinski definition) is 4. The molecule has 2 amide bonds. The van der Waals surface area contributed by atoms with Crippen molar-refractivity contribution in [3.8, 4) is 0 Å². The van der Waals surface area contributed by atoms with Gasteiger partial charge in [-0.15, -0.1) is 0 Å². The molecule has 2 heterocycles. The molecule has 2 saturated heterocycles. The molecule has 0 aliphatic carbocycles. The van der Waals surface area contributed by atoms with Crippen LogP contribution in [0.3, 0.4) is 0 Å². The average Bonchev–Trinajstić information content (AvgIpc) is 3.14. The van der Waals surface area contributed by atoms with E-state index in [0.29, 0.717) is 55.4 Å². The van der Waals surface area contributed by atoms with E-state index in [0.717, 1.165) is 0 Å². The Morgan fingerprint density at radius 1 is 0.871 bits per heavy atom. The van der Waals surface area contributed by atoms with Gasteiger partial charge >= 0.3 is 0 Å². The normalized spacial score (nSPS) is 19.7. The summed E-state index contributed by atoms with van der Waals surface area (Å²) in [7, 11) is 0. The highest BCUT2D eigenvalue weighted by Crippen LogP contribution is 2.20. The average molecular weight is 444 g/mol. The van der Waals surface area contributed by atoms with Gasteiger partial charge in [0.1, 0.15) is 5.82 Å². The number of Topliss-reactive ketones (excluding diaryl/α,β-unsaturated/α-hetero) is 1. The topological polar surface area (TPSA) is 60.9 Å². The van der Waals surface area contributed by atoms with Gasteiger partial charge in [-0.3, -0.25) is 19.3 Å². The summed E-state index contributed by atoms with van der Waals surface area (Å²) in [4.78, 5) is 43.2. The number of piperazine rings is 1. The van der Waals surface area contributed by atoms with Gasteiger partial charge in [0.25, 0.3) is 11.8 Å². The molecule has 1 atom stereocenters. The van der Waals surface area contributed by atoms with Crippen molar-refractivity contribution in [3.63, 3.8) is 0 Å². The van der Waals surface area contributed by atoms with Gasteiger partial charge in [-0.25, -0.2) is 4.39 Å². The van der Waals surface area contributed by atoms with Crippen LogP contribution in [0.1, 0.15) is 20.7 Å². The van der Waals surface area contributed by atoms with Gasteiger partial charge in [-0.05, 0) is 48.5 Å². The van der Waals surface area contributed by atoms with E-state index >= 15 is 0 Å². The van der Waals surface area contributed by atoms with Gasteiger partial charge < -0.3 is 9.80 Å². The molecule has 2 aliphatic rings.